The highest BCUT2D eigenvalue weighted by atomic mass is 16.5. The first-order valence-electron chi connectivity index (χ1n) is 6.30. The van der Waals surface area contributed by atoms with E-state index in [0.29, 0.717) is 19.8 Å². The molecule has 1 fully saturated rings. The van der Waals surface area contributed by atoms with Crippen LogP contribution in [-0.4, -0.2) is 51.5 Å². The summed E-state index contributed by atoms with van der Waals surface area (Å²) in [5, 5.41) is 6.24. The second kappa shape index (κ2) is 7.63. The predicted molar refractivity (Wildman–Crippen MR) is 65.9 cm³/mol. The molecular formula is C12H24N2O3. The van der Waals surface area contributed by atoms with Crippen LogP contribution in [0.15, 0.2) is 0 Å². The fourth-order valence-electron chi connectivity index (χ4n) is 1.80. The van der Waals surface area contributed by atoms with E-state index < -0.39 is 0 Å². The first-order chi connectivity index (χ1) is 8.19. The first kappa shape index (κ1) is 14.4. The molecule has 1 aliphatic rings. The molecule has 1 aliphatic heterocycles. The zero-order valence-corrected chi connectivity index (χ0v) is 11.0. The van der Waals surface area contributed by atoms with Crippen LogP contribution in [0, 0.1) is 5.92 Å². The Hall–Kier alpha value is -0.650. The molecule has 17 heavy (non-hydrogen) atoms. The summed E-state index contributed by atoms with van der Waals surface area (Å²) in [5.41, 5.74) is 0. The molecule has 0 aliphatic carbocycles. The average Bonchev–Trinajstić information content (AvgIpc) is 2.81. The maximum atomic E-state index is 12.0. The van der Waals surface area contributed by atoms with Crippen molar-refractivity contribution >= 4 is 5.91 Å². The Labute approximate surface area is 103 Å². The van der Waals surface area contributed by atoms with Crippen molar-refractivity contribution < 1.29 is 14.3 Å². The van der Waals surface area contributed by atoms with Gasteiger partial charge in [0.1, 0.15) is 0 Å². The van der Waals surface area contributed by atoms with Crippen molar-refractivity contribution in [3.8, 4) is 0 Å². The molecule has 1 saturated heterocycles. The maximum absolute atomic E-state index is 12.0. The molecule has 1 rings (SSSR count). The van der Waals surface area contributed by atoms with E-state index in [9.17, 15) is 4.79 Å². The van der Waals surface area contributed by atoms with Gasteiger partial charge in [0.05, 0.1) is 25.2 Å². The number of ether oxygens (including phenoxy) is 2. The van der Waals surface area contributed by atoms with Gasteiger partial charge in [-0.2, -0.15) is 0 Å². The Morgan fingerprint density at radius 2 is 2.29 bits per heavy atom. The lowest BCUT2D eigenvalue weighted by Gasteiger charge is -2.19. The third-order valence-corrected chi connectivity index (χ3v) is 3.04. The quantitative estimate of drug-likeness (QED) is 0.669. The molecule has 3 atom stereocenters. The number of hydrogen-bond donors (Lipinski definition) is 2. The summed E-state index contributed by atoms with van der Waals surface area (Å²) < 4.78 is 10.5. The fourth-order valence-corrected chi connectivity index (χ4v) is 1.80. The number of carbonyl (C=O) groups is 1. The van der Waals surface area contributed by atoms with Crippen molar-refractivity contribution in [2.75, 3.05) is 33.4 Å². The SMILES string of the molecule is CCCNC1COCC1C(=O)NCC(C)OC. The lowest BCUT2D eigenvalue weighted by atomic mass is 10.0. The van der Waals surface area contributed by atoms with E-state index in [4.69, 9.17) is 9.47 Å². The van der Waals surface area contributed by atoms with Crippen LogP contribution in [0.4, 0.5) is 0 Å². The van der Waals surface area contributed by atoms with Crippen molar-refractivity contribution in [1.82, 2.24) is 10.6 Å². The van der Waals surface area contributed by atoms with Gasteiger partial charge in [-0.15, -0.1) is 0 Å². The summed E-state index contributed by atoms with van der Waals surface area (Å²) in [5.74, 6) is -0.0226. The monoisotopic (exact) mass is 244 g/mol. The van der Waals surface area contributed by atoms with Crippen LogP contribution in [0.5, 0.6) is 0 Å². The number of rotatable bonds is 7. The van der Waals surface area contributed by atoms with Gasteiger partial charge < -0.3 is 20.1 Å². The lowest BCUT2D eigenvalue weighted by molar-refractivity contribution is -0.125. The highest BCUT2D eigenvalue weighted by molar-refractivity contribution is 5.79. The predicted octanol–water partition coefficient (Wildman–Crippen LogP) is 0.152. The van der Waals surface area contributed by atoms with Crippen LogP contribution < -0.4 is 10.6 Å². The van der Waals surface area contributed by atoms with E-state index in [-0.39, 0.29) is 24.0 Å². The van der Waals surface area contributed by atoms with Gasteiger partial charge in [-0.3, -0.25) is 4.79 Å². The Morgan fingerprint density at radius 3 is 2.94 bits per heavy atom. The maximum Gasteiger partial charge on any atom is 0.227 e. The topological polar surface area (TPSA) is 59.6 Å². The molecule has 0 aromatic rings. The standard InChI is InChI=1S/C12H24N2O3/c1-4-5-13-11-8-17-7-10(11)12(15)14-6-9(2)16-3/h9-11,13H,4-8H2,1-3H3,(H,14,15). The van der Waals surface area contributed by atoms with Gasteiger partial charge in [0.15, 0.2) is 0 Å². The van der Waals surface area contributed by atoms with E-state index in [0.717, 1.165) is 13.0 Å². The van der Waals surface area contributed by atoms with Crippen molar-refractivity contribution in [2.24, 2.45) is 5.92 Å². The normalized spacial score (nSPS) is 25.8. The number of methoxy groups -OCH3 is 1. The average molecular weight is 244 g/mol. The van der Waals surface area contributed by atoms with E-state index in [1.165, 1.54) is 0 Å². The van der Waals surface area contributed by atoms with Gasteiger partial charge in [-0.05, 0) is 19.9 Å². The van der Waals surface area contributed by atoms with E-state index >= 15 is 0 Å². The van der Waals surface area contributed by atoms with Crippen molar-refractivity contribution in [2.45, 2.75) is 32.4 Å². The van der Waals surface area contributed by atoms with E-state index in [1.54, 1.807) is 7.11 Å². The zero-order valence-electron chi connectivity index (χ0n) is 11.0. The van der Waals surface area contributed by atoms with Gasteiger partial charge in [0, 0.05) is 19.7 Å². The molecule has 0 saturated carbocycles. The summed E-state index contributed by atoms with van der Waals surface area (Å²) in [4.78, 5) is 12.0. The molecule has 1 heterocycles. The van der Waals surface area contributed by atoms with E-state index in [2.05, 4.69) is 17.6 Å². The summed E-state index contributed by atoms with van der Waals surface area (Å²) in [6, 6.07) is 0.146. The van der Waals surface area contributed by atoms with Crippen LogP contribution in [0.2, 0.25) is 0 Å². The molecule has 5 heteroatoms. The molecule has 100 valence electrons. The summed E-state index contributed by atoms with van der Waals surface area (Å²) in [6.07, 6.45) is 1.11. The Bertz CT molecular complexity index is 236. The molecule has 3 unspecified atom stereocenters. The molecule has 0 bridgehead atoms. The molecule has 0 radical (unpaired) electrons. The highest BCUT2D eigenvalue weighted by Gasteiger charge is 2.33. The van der Waals surface area contributed by atoms with Gasteiger partial charge in [0.25, 0.3) is 0 Å². The highest BCUT2D eigenvalue weighted by Crippen LogP contribution is 2.13. The lowest BCUT2D eigenvalue weighted by Crippen LogP contribution is -2.45. The number of nitrogens with one attached hydrogen (secondary N) is 2. The van der Waals surface area contributed by atoms with Crippen LogP contribution in [-0.2, 0) is 14.3 Å². The Balaban J connectivity index is 2.33. The first-order valence-corrected chi connectivity index (χ1v) is 6.30. The van der Waals surface area contributed by atoms with E-state index in [1.807, 2.05) is 6.92 Å². The Kier molecular flexibility index (Phi) is 6.47. The molecule has 2 N–H and O–H groups in total. The van der Waals surface area contributed by atoms with Crippen LogP contribution >= 0.6 is 0 Å². The largest absolute Gasteiger partial charge is 0.380 e. The minimum atomic E-state index is -0.0781. The Morgan fingerprint density at radius 1 is 1.53 bits per heavy atom. The van der Waals surface area contributed by atoms with Gasteiger partial charge in [0.2, 0.25) is 5.91 Å². The van der Waals surface area contributed by atoms with Crippen molar-refractivity contribution in [1.29, 1.82) is 0 Å². The molecule has 1 amide bonds. The van der Waals surface area contributed by atoms with Crippen LogP contribution in [0.25, 0.3) is 0 Å². The third-order valence-electron chi connectivity index (χ3n) is 3.04. The van der Waals surface area contributed by atoms with Crippen molar-refractivity contribution in [3.63, 3.8) is 0 Å². The second-order valence-corrected chi connectivity index (χ2v) is 4.50. The molecule has 0 aromatic carbocycles. The minimum absolute atomic E-state index is 0.0447. The summed E-state index contributed by atoms with van der Waals surface area (Å²) in [6.45, 7) is 6.64. The number of carbonyl (C=O) groups excluding carboxylic acids is 1. The van der Waals surface area contributed by atoms with Gasteiger partial charge >= 0.3 is 0 Å². The minimum Gasteiger partial charge on any atom is -0.380 e. The smallest absolute Gasteiger partial charge is 0.227 e. The van der Waals surface area contributed by atoms with Crippen LogP contribution in [0.1, 0.15) is 20.3 Å². The van der Waals surface area contributed by atoms with Gasteiger partial charge in [-0.1, -0.05) is 6.92 Å². The second-order valence-electron chi connectivity index (χ2n) is 4.50. The van der Waals surface area contributed by atoms with Gasteiger partial charge in [-0.25, -0.2) is 0 Å². The van der Waals surface area contributed by atoms with Crippen molar-refractivity contribution in [3.05, 3.63) is 0 Å². The molecule has 5 nitrogen and oxygen atoms in total. The molecule has 0 aromatic heterocycles. The molecular weight excluding hydrogens is 220 g/mol. The number of hydrogen-bond acceptors (Lipinski definition) is 4. The zero-order chi connectivity index (χ0) is 12.7. The fraction of sp³-hybridized carbons (Fsp3) is 0.917. The van der Waals surface area contributed by atoms with Crippen LogP contribution in [0.3, 0.4) is 0 Å². The number of amides is 1. The summed E-state index contributed by atoms with van der Waals surface area (Å²) >= 11 is 0. The molecule has 0 spiro atoms. The summed E-state index contributed by atoms with van der Waals surface area (Å²) in [7, 11) is 1.64. The third kappa shape index (κ3) is 4.61.